The number of halogens is 1. The van der Waals surface area contributed by atoms with E-state index in [0.717, 1.165) is 16.5 Å². The van der Waals surface area contributed by atoms with Crippen molar-refractivity contribution in [2.75, 3.05) is 20.7 Å². The number of aliphatic imine (C=N–C) groups is 1. The van der Waals surface area contributed by atoms with Gasteiger partial charge in [0.2, 0.25) is 0 Å². The van der Waals surface area contributed by atoms with Gasteiger partial charge in [-0.3, -0.25) is 4.99 Å². The maximum Gasteiger partial charge on any atom is 0.191 e. The molecule has 5 heteroatoms. The predicted octanol–water partition coefficient (Wildman–Crippen LogP) is 2.43. The Morgan fingerprint density at radius 3 is 2.42 bits per heavy atom. The lowest BCUT2D eigenvalue weighted by Crippen LogP contribution is -2.45. The number of ether oxygens (including phenoxy) is 1. The van der Waals surface area contributed by atoms with Crippen LogP contribution in [0.5, 0.6) is 0 Å². The highest BCUT2D eigenvalue weighted by atomic mass is 35.5. The van der Waals surface area contributed by atoms with E-state index in [9.17, 15) is 0 Å². The van der Waals surface area contributed by atoms with Crippen LogP contribution in [0.4, 0.5) is 0 Å². The minimum atomic E-state index is -0.224. The van der Waals surface area contributed by atoms with Gasteiger partial charge in [-0.05, 0) is 31.5 Å². The fraction of sp³-hybridized carbons (Fsp3) is 0.500. The topological polar surface area (TPSA) is 45.7 Å². The number of hydrogen-bond acceptors (Lipinski definition) is 2. The van der Waals surface area contributed by atoms with Gasteiger partial charge in [0.25, 0.3) is 0 Å². The molecular formula is C14H22ClN3O. The van der Waals surface area contributed by atoms with Crippen LogP contribution in [0.15, 0.2) is 29.3 Å². The molecule has 0 aromatic heterocycles. The Labute approximate surface area is 120 Å². The smallest absolute Gasteiger partial charge is 0.191 e. The summed E-state index contributed by atoms with van der Waals surface area (Å²) in [5.74, 6) is 0.750. The van der Waals surface area contributed by atoms with Gasteiger partial charge < -0.3 is 15.4 Å². The van der Waals surface area contributed by atoms with Crippen molar-refractivity contribution in [1.82, 2.24) is 10.6 Å². The second-order valence-electron chi connectivity index (χ2n) is 4.87. The molecule has 0 spiro atoms. The average molecular weight is 284 g/mol. The summed E-state index contributed by atoms with van der Waals surface area (Å²) < 4.78 is 5.35. The first-order valence-electron chi connectivity index (χ1n) is 6.21. The van der Waals surface area contributed by atoms with E-state index >= 15 is 0 Å². The molecule has 1 rings (SSSR count). The first-order chi connectivity index (χ1) is 8.96. The van der Waals surface area contributed by atoms with Gasteiger partial charge in [-0.15, -0.1) is 0 Å². The zero-order valence-electron chi connectivity index (χ0n) is 12.0. The molecule has 0 saturated carbocycles. The molecule has 4 nitrogen and oxygen atoms in total. The minimum Gasteiger partial charge on any atom is -0.377 e. The van der Waals surface area contributed by atoms with Crippen molar-refractivity contribution in [2.45, 2.75) is 26.0 Å². The van der Waals surface area contributed by atoms with Gasteiger partial charge in [-0.25, -0.2) is 0 Å². The summed E-state index contributed by atoms with van der Waals surface area (Å²) >= 11 is 5.85. The van der Waals surface area contributed by atoms with Gasteiger partial charge in [-0.2, -0.15) is 0 Å². The highest BCUT2D eigenvalue weighted by Crippen LogP contribution is 2.09. The highest BCUT2D eigenvalue weighted by molar-refractivity contribution is 6.30. The molecule has 0 amide bonds. The summed E-state index contributed by atoms with van der Waals surface area (Å²) in [4.78, 5) is 4.17. The Balaban J connectivity index is 2.43. The molecule has 1 aromatic carbocycles. The fourth-order valence-corrected chi connectivity index (χ4v) is 1.50. The highest BCUT2D eigenvalue weighted by Gasteiger charge is 2.16. The maximum absolute atomic E-state index is 5.85. The standard InChI is InChI=1S/C14H22ClN3O/c1-14(2,19-4)10-18-13(16-3)17-9-11-5-7-12(15)8-6-11/h5-8H,9-10H2,1-4H3,(H2,16,17,18). The third kappa shape index (κ3) is 5.94. The van der Waals surface area contributed by atoms with Gasteiger partial charge in [-0.1, -0.05) is 23.7 Å². The molecular weight excluding hydrogens is 262 g/mol. The molecule has 0 heterocycles. The summed E-state index contributed by atoms with van der Waals surface area (Å²) in [6.07, 6.45) is 0. The molecule has 0 aliphatic heterocycles. The number of guanidine groups is 1. The third-order valence-corrected chi connectivity index (χ3v) is 3.08. The fourth-order valence-electron chi connectivity index (χ4n) is 1.38. The van der Waals surface area contributed by atoms with Crippen LogP contribution >= 0.6 is 11.6 Å². The molecule has 1 aromatic rings. The summed E-state index contributed by atoms with van der Waals surface area (Å²) in [5.41, 5.74) is 0.927. The Hall–Kier alpha value is -1.26. The first kappa shape index (κ1) is 15.8. The molecule has 106 valence electrons. The zero-order chi connectivity index (χ0) is 14.3. The Morgan fingerprint density at radius 2 is 1.89 bits per heavy atom. The van der Waals surface area contributed by atoms with Crippen LogP contribution in [-0.2, 0) is 11.3 Å². The van der Waals surface area contributed by atoms with Crippen LogP contribution in [0.1, 0.15) is 19.4 Å². The first-order valence-corrected chi connectivity index (χ1v) is 6.59. The Kier molecular flexibility index (Phi) is 6.12. The van der Waals surface area contributed by atoms with Crippen LogP contribution in [0.25, 0.3) is 0 Å². The van der Waals surface area contributed by atoms with Crippen molar-refractivity contribution in [3.8, 4) is 0 Å². The van der Waals surface area contributed by atoms with Gasteiger partial charge in [0.15, 0.2) is 5.96 Å². The lowest BCUT2D eigenvalue weighted by molar-refractivity contribution is 0.0268. The number of benzene rings is 1. The van der Waals surface area contributed by atoms with Crippen molar-refractivity contribution in [1.29, 1.82) is 0 Å². The van der Waals surface area contributed by atoms with E-state index in [4.69, 9.17) is 16.3 Å². The van der Waals surface area contributed by atoms with E-state index in [2.05, 4.69) is 15.6 Å². The van der Waals surface area contributed by atoms with E-state index in [1.54, 1.807) is 14.2 Å². The molecule has 19 heavy (non-hydrogen) atoms. The molecule has 2 N–H and O–H groups in total. The van der Waals surface area contributed by atoms with Crippen molar-refractivity contribution < 1.29 is 4.74 Å². The quantitative estimate of drug-likeness (QED) is 0.644. The van der Waals surface area contributed by atoms with E-state index in [1.807, 2.05) is 38.1 Å². The summed E-state index contributed by atoms with van der Waals surface area (Å²) in [6, 6.07) is 7.73. The van der Waals surface area contributed by atoms with Crippen LogP contribution in [-0.4, -0.2) is 32.3 Å². The number of rotatable bonds is 5. The SMILES string of the molecule is CN=C(NCc1ccc(Cl)cc1)NCC(C)(C)OC. The summed E-state index contributed by atoms with van der Waals surface area (Å²) in [5, 5.41) is 7.22. The van der Waals surface area contributed by atoms with E-state index in [1.165, 1.54) is 0 Å². The predicted molar refractivity (Wildman–Crippen MR) is 80.7 cm³/mol. The van der Waals surface area contributed by atoms with E-state index in [-0.39, 0.29) is 5.60 Å². The normalized spacial score (nSPS) is 12.4. The monoisotopic (exact) mass is 283 g/mol. The van der Waals surface area contributed by atoms with Crippen molar-refractivity contribution >= 4 is 17.6 Å². The van der Waals surface area contributed by atoms with Gasteiger partial charge in [0, 0.05) is 32.3 Å². The molecule has 0 saturated heterocycles. The molecule has 0 unspecified atom stereocenters. The number of nitrogens with zero attached hydrogens (tertiary/aromatic N) is 1. The third-order valence-electron chi connectivity index (χ3n) is 2.83. The van der Waals surface area contributed by atoms with Gasteiger partial charge >= 0.3 is 0 Å². The molecule has 0 bridgehead atoms. The number of hydrogen-bond donors (Lipinski definition) is 2. The lowest BCUT2D eigenvalue weighted by Gasteiger charge is -2.24. The largest absolute Gasteiger partial charge is 0.377 e. The number of nitrogens with one attached hydrogen (secondary N) is 2. The van der Waals surface area contributed by atoms with Gasteiger partial charge in [0.1, 0.15) is 0 Å². The van der Waals surface area contributed by atoms with Crippen molar-refractivity contribution in [2.24, 2.45) is 4.99 Å². The second-order valence-corrected chi connectivity index (χ2v) is 5.31. The molecule has 0 radical (unpaired) electrons. The van der Waals surface area contributed by atoms with Gasteiger partial charge in [0.05, 0.1) is 5.60 Å². The number of methoxy groups -OCH3 is 1. The molecule has 0 atom stereocenters. The van der Waals surface area contributed by atoms with Crippen LogP contribution in [0.2, 0.25) is 5.02 Å². The molecule has 0 aliphatic carbocycles. The van der Waals surface area contributed by atoms with Crippen molar-refractivity contribution in [3.05, 3.63) is 34.9 Å². The van der Waals surface area contributed by atoms with Crippen molar-refractivity contribution in [3.63, 3.8) is 0 Å². The minimum absolute atomic E-state index is 0.224. The maximum atomic E-state index is 5.85. The summed E-state index contributed by atoms with van der Waals surface area (Å²) in [6.45, 7) is 5.42. The summed E-state index contributed by atoms with van der Waals surface area (Å²) in [7, 11) is 3.45. The average Bonchev–Trinajstić information content (AvgIpc) is 2.41. The Bertz CT molecular complexity index is 415. The van der Waals surface area contributed by atoms with Crippen LogP contribution in [0, 0.1) is 0 Å². The molecule has 0 aliphatic rings. The van der Waals surface area contributed by atoms with Crippen LogP contribution < -0.4 is 10.6 Å². The lowest BCUT2D eigenvalue weighted by atomic mass is 10.1. The van der Waals surface area contributed by atoms with E-state index in [0.29, 0.717) is 13.1 Å². The van der Waals surface area contributed by atoms with Crippen LogP contribution in [0.3, 0.4) is 0 Å². The Morgan fingerprint density at radius 1 is 1.26 bits per heavy atom. The van der Waals surface area contributed by atoms with E-state index < -0.39 is 0 Å². The zero-order valence-corrected chi connectivity index (χ0v) is 12.7. The second kappa shape index (κ2) is 7.36. The molecule has 0 fully saturated rings.